The third-order valence-corrected chi connectivity index (χ3v) is 4.70. The number of aromatic amines is 1. The van der Waals surface area contributed by atoms with Gasteiger partial charge in [-0.2, -0.15) is 0 Å². The molecule has 6 nitrogen and oxygen atoms in total. The summed E-state index contributed by atoms with van der Waals surface area (Å²) in [5.74, 6) is 0.163. The molecular formula is C19H24F2N4O2. The van der Waals surface area contributed by atoms with Crippen molar-refractivity contribution < 1.29 is 13.5 Å². The van der Waals surface area contributed by atoms with Crippen molar-refractivity contribution in [2.45, 2.75) is 13.0 Å². The highest BCUT2D eigenvalue weighted by Crippen LogP contribution is 2.20. The van der Waals surface area contributed by atoms with Crippen LogP contribution in [0.5, 0.6) is 0 Å². The normalized spacial score (nSPS) is 16.1. The molecule has 0 radical (unpaired) electrons. The summed E-state index contributed by atoms with van der Waals surface area (Å²) in [5, 5.41) is 0. The monoisotopic (exact) mass is 378 g/mol. The molecule has 1 fully saturated rings. The van der Waals surface area contributed by atoms with Crippen molar-refractivity contribution in [1.29, 1.82) is 0 Å². The molecule has 0 spiro atoms. The van der Waals surface area contributed by atoms with Gasteiger partial charge in [0.15, 0.2) is 0 Å². The van der Waals surface area contributed by atoms with Gasteiger partial charge >= 0.3 is 0 Å². The number of piperazine rings is 1. The van der Waals surface area contributed by atoms with E-state index >= 15 is 0 Å². The molecule has 1 N–H and O–H groups in total. The third-order valence-electron chi connectivity index (χ3n) is 4.70. The Labute approximate surface area is 156 Å². The summed E-state index contributed by atoms with van der Waals surface area (Å²) >= 11 is 0. The van der Waals surface area contributed by atoms with Gasteiger partial charge in [-0.1, -0.05) is 24.3 Å². The Bertz CT molecular complexity index is 787. The highest BCUT2D eigenvalue weighted by Gasteiger charge is 2.17. The number of halogens is 2. The fourth-order valence-electron chi connectivity index (χ4n) is 3.14. The van der Waals surface area contributed by atoms with Gasteiger partial charge in [0.1, 0.15) is 11.5 Å². The van der Waals surface area contributed by atoms with Crippen molar-refractivity contribution in [2.24, 2.45) is 0 Å². The molecule has 1 aromatic heterocycles. The molecule has 0 atom stereocenters. The SMILES string of the molecule is COCCN1CCN(Cc2ccc(-c3nc(C(F)F)cc(=O)[nH]3)cc2)CC1. The first-order valence-corrected chi connectivity index (χ1v) is 8.97. The minimum atomic E-state index is -2.77. The van der Waals surface area contributed by atoms with Crippen LogP contribution in [0.1, 0.15) is 17.7 Å². The number of nitrogens with zero attached hydrogens (tertiary/aromatic N) is 3. The lowest BCUT2D eigenvalue weighted by molar-refractivity contribution is 0.0938. The van der Waals surface area contributed by atoms with Gasteiger partial charge < -0.3 is 9.72 Å². The van der Waals surface area contributed by atoms with E-state index < -0.39 is 17.7 Å². The van der Waals surface area contributed by atoms with E-state index in [2.05, 4.69) is 19.8 Å². The number of hydrogen-bond acceptors (Lipinski definition) is 5. The Morgan fingerprint density at radius 1 is 1.15 bits per heavy atom. The van der Waals surface area contributed by atoms with Crippen molar-refractivity contribution in [3.05, 3.63) is 51.9 Å². The molecule has 1 saturated heterocycles. The number of H-pyrrole nitrogens is 1. The summed E-state index contributed by atoms with van der Waals surface area (Å²) < 4.78 is 30.8. The number of alkyl halides is 2. The fraction of sp³-hybridized carbons (Fsp3) is 0.474. The Morgan fingerprint density at radius 3 is 2.44 bits per heavy atom. The number of hydrogen-bond donors (Lipinski definition) is 1. The molecular weight excluding hydrogens is 354 g/mol. The average molecular weight is 378 g/mol. The van der Waals surface area contributed by atoms with E-state index in [0.717, 1.165) is 57.5 Å². The first-order chi connectivity index (χ1) is 13.0. The molecule has 27 heavy (non-hydrogen) atoms. The zero-order valence-corrected chi connectivity index (χ0v) is 15.3. The van der Waals surface area contributed by atoms with E-state index in [1.54, 1.807) is 19.2 Å². The van der Waals surface area contributed by atoms with E-state index in [4.69, 9.17) is 4.74 Å². The summed E-state index contributed by atoms with van der Waals surface area (Å²) in [5.41, 5.74) is 0.661. The Morgan fingerprint density at radius 2 is 1.81 bits per heavy atom. The van der Waals surface area contributed by atoms with Gasteiger partial charge in [-0.15, -0.1) is 0 Å². The number of aromatic nitrogens is 2. The van der Waals surface area contributed by atoms with Crippen molar-refractivity contribution in [3.8, 4) is 11.4 Å². The minimum Gasteiger partial charge on any atom is -0.383 e. The minimum absolute atomic E-state index is 0.163. The predicted octanol–water partition coefficient (Wildman–Crippen LogP) is 2.14. The van der Waals surface area contributed by atoms with Gasteiger partial charge in [0.2, 0.25) is 0 Å². The molecule has 1 aromatic carbocycles. The summed E-state index contributed by atoms with van der Waals surface area (Å²) in [6, 6.07) is 8.33. The second kappa shape index (κ2) is 9.16. The maximum Gasteiger partial charge on any atom is 0.280 e. The van der Waals surface area contributed by atoms with Crippen molar-refractivity contribution in [2.75, 3.05) is 46.4 Å². The van der Waals surface area contributed by atoms with E-state index in [9.17, 15) is 13.6 Å². The highest BCUT2D eigenvalue weighted by atomic mass is 19.3. The smallest absolute Gasteiger partial charge is 0.280 e. The number of nitrogens with one attached hydrogen (secondary N) is 1. The molecule has 8 heteroatoms. The number of benzene rings is 1. The standard InChI is InChI=1S/C19H24F2N4O2/c1-27-11-10-24-6-8-25(9-7-24)13-14-2-4-15(5-3-14)19-22-16(18(20)21)12-17(26)23-19/h2-5,12,18H,6-11,13H2,1H3,(H,22,23,26). The molecule has 2 aromatic rings. The summed E-state index contributed by atoms with van der Waals surface area (Å²) in [4.78, 5) is 22.7. The second-order valence-corrected chi connectivity index (χ2v) is 6.63. The van der Waals surface area contributed by atoms with Crippen LogP contribution in [0.4, 0.5) is 8.78 Å². The molecule has 0 saturated carbocycles. The first-order valence-electron chi connectivity index (χ1n) is 8.97. The molecule has 1 aliphatic heterocycles. The van der Waals surface area contributed by atoms with Crippen molar-refractivity contribution in [1.82, 2.24) is 19.8 Å². The van der Waals surface area contributed by atoms with E-state index in [0.29, 0.717) is 5.56 Å². The number of methoxy groups -OCH3 is 1. The first kappa shape index (κ1) is 19.6. The average Bonchev–Trinajstić information content (AvgIpc) is 2.67. The number of ether oxygens (including phenoxy) is 1. The van der Waals surface area contributed by atoms with Crippen LogP contribution in [0, 0.1) is 0 Å². The quantitative estimate of drug-likeness (QED) is 0.800. The maximum absolute atomic E-state index is 12.8. The summed E-state index contributed by atoms with van der Waals surface area (Å²) in [6.45, 7) is 6.58. The highest BCUT2D eigenvalue weighted by molar-refractivity contribution is 5.55. The molecule has 3 rings (SSSR count). The van der Waals surface area contributed by atoms with E-state index in [1.165, 1.54) is 0 Å². The topological polar surface area (TPSA) is 61.5 Å². The second-order valence-electron chi connectivity index (χ2n) is 6.63. The van der Waals surface area contributed by atoms with Gasteiger partial charge in [0.05, 0.1) is 6.61 Å². The molecule has 0 aliphatic carbocycles. The van der Waals surface area contributed by atoms with Crippen LogP contribution in [0.25, 0.3) is 11.4 Å². The molecule has 1 aliphatic rings. The van der Waals surface area contributed by atoms with E-state index in [1.807, 2.05) is 12.1 Å². The lowest BCUT2D eigenvalue weighted by Gasteiger charge is -2.34. The van der Waals surface area contributed by atoms with Gasteiger partial charge in [-0.3, -0.25) is 14.6 Å². The molecule has 0 amide bonds. The molecule has 0 bridgehead atoms. The van der Waals surface area contributed by atoms with Gasteiger partial charge in [0.25, 0.3) is 12.0 Å². The van der Waals surface area contributed by atoms with Crippen LogP contribution in [-0.2, 0) is 11.3 Å². The zero-order valence-electron chi connectivity index (χ0n) is 15.3. The van der Waals surface area contributed by atoms with Crippen molar-refractivity contribution in [3.63, 3.8) is 0 Å². The van der Waals surface area contributed by atoms with Gasteiger partial charge in [-0.05, 0) is 5.56 Å². The van der Waals surface area contributed by atoms with Crippen LogP contribution in [0.3, 0.4) is 0 Å². The fourth-order valence-corrected chi connectivity index (χ4v) is 3.14. The van der Waals surface area contributed by atoms with E-state index in [-0.39, 0.29) is 5.82 Å². The van der Waals surface area contributed by atoms with Crippen LogP contribution >= 0.6 is 0 Å². The third kappa shape index (κ3) is 5.41. The Balaban J connectivity index is 1.61. The largest absolute Gasteiger partial charge is 0.383 e. The maximum atomic E-state index is 12.8. The van der Waals surface area contributed by atoms with Crippen LogP contribution in [0.15, 0.2) is 35.1 Å². The van der Waals surface area contributed by atoms with Crippen LogP contribution in [-0.4, -0.2) is 66.2 Å². The van der Waals surface area contributed by atoms with Crippen molar-refractivity contribution >= 4 is 0 Å². The van der Waals surface area contributed by atoms with Gasteiger partial charge in [0, 0.05) is 58.0 Å². The summed E-state index contributed by atoms with van der Waals surface area (Å²) in [7, 11) is 1.72. The molecule has 146 valence electrons. The zero-order chi connectivity index (χ0) is 19.2. The van der Waals surface area contributed by atoms with Crippen LogP contribution < -0.4 is 5.56 Å². The summed E-state index contributed by atoms with van der Waals surface area (Å²) in [6.07, 6.45) is -2.77. The Kier molecular flexibility index (Phi) is 6.65. The molecule has 0 unspecified atom stereocenters. The van der Waals surface area contributed by atoms with Gasteiger partial charge in [-0.25, -0.2) is 13.8 Å². The Hall–Kier alpha value is -2.16. The van der Waals surface area contributed by atoms with Crippen LogP contribution in [0.2, 0.25) is 0 Å². The predicted molar refractivity (Wildman–Crippen MR) is 98.8 cm³/mol. The number of rotatable bonds is 7. The molecule has 2 heterocycles. The lowest BCUT2D eigenvalue weighted by Crippen LogP contribution is -2.46. The lowest BCUT2D eigenvalue weighted by atomic mass is 10.1.